The van der Waals surface area contributed by atoms with E-state index in [0.29, 0.717) is 18.7 Å². The van der Waals surface area contributed by atoms with Crippen LogP contribution in [0.5, 0.6) is 0 Å². The standard InChI is InChI=1S/C15H20N4O/c1-11(2)18-14(20)6-8-19-9-7-17-15(19)12-4-3-5-13(16)10-12/h3-5,7,9-11H,6,8,16H2,1-2H3,(H,18,20). The van der Waals surface area contributed by atoms with E-state index in [0.717, 1.165) is 11.4 Å². The van der Waals surface area contributed by atoms with E-state index in [9.17, 15) is 4.79 Å². The highest BCUT2D eigenvalue weighted by Crippen LogP contribution is 2.19. The van der Waals surface area contributed by atoms with E-state index in [1.807, 2.05) is 48.9 Å². The van der Waals surface area contributed by atoms with Crippen molar-refractivity contribution in [3.63, 3.8) is 0 Å². The van der Waals surface area contributed by atoms with Crippen LogP contribution in [0.2, 0.25) is 0 Å². The normalized spacial score (nSPS) is 10.8. The van der Waals surface area contributed by atoms with E-state index in [2.05, 4.69) is 10.3 Å². The second-order valence-electron chi connectivity index (χ2n) is 5.04. The third-order valence-electron chi connectivity index (χ3n) is 2.89. The van der Waals surface area contributed by atoms with E-state index < -0.39 is 0 Å². The van der Waals surface area contributed by atoms with Gasteiger partial charge in [0.15, 0.2) is 0 Å². The molecular weight excluding hydrogens is 252 g/mol. The number of nitrogens with zero attached hydrogens (tertiary/aromatic N) is 2. The van der Waals surface area contributed by atoms with Crippen LogP contribution in [0, 0.1) is 0 Å². The lowest BCUT2D eigenvalue weighted by Gasteiger charge is -2.10. The van der Waals surface area contributed by atoms with Crippen LogP contribution in [0.25, 0.3) is 11.4 Å². The van der Waals surface area contributed by atoms with Gasteiger partial charge in [0, 0.05) is 42.7 Å². The molecule has 1 aromatic heterocycles. The first-order valence-electron chi connectivity index (χ1n) is 6.72. The van der Waals surface area contributed by atoms with E-state index in [4.69, 9.17) is 5.73 Å². The monoisotopic (exact) mass is 272 g/mol. The molecule has 106 valence electrons. The maximum Gasteiger partial charge on any atom is 0.221 e. The van der Waals surface area contributed by atoms with Crippen molar-refractivity contribution in [3.8, 4) is 11.4 Å². The molecule has 0 aliphatic carbocycles. The zero-order chi connectivity index (χ0) is 14.5. The Balaban J connectivity index is 2.08. The number of aryl methyl sites for hydroxylation is 1. The minimum absolute atomic E-state index is 0.0484. The zero-order valence-electron chi connectivity index (χ0n) is 11.8. The van der Waals surface area contributed by atoms with Crippen molar-refractivity contribution in [1.29, 1.82) is 0 Å². The van der Waals surface area contributed by atoms with Crippen molar-refractivity contribution < 1.29 is 4.79 Å². The van der Waals surface area contributed by atoms with Gasteiger partial charge in [-0.1, -0.05) is 12.1 Å². The Labute approximate surface area is 118 Å². The minimum Gasteiger partial charge on any atom is -0.399 e. The van der Waals surface area contributed by atoms with Crippen LogP contribution in [-0.2, 0) is 11.3 Å². The van der Waals surface area contributed by atoms with Crippen LogP contribution in [0.4, 0.5) is 5.69 Å². The van der Waals surface area contributed by atoms with Gasteiger partial charge in [-0.3, -0.25) is 4.79 Å². The number of hydrogen-bond acceptors (Lipinski definition) is 3. The van der Waals surface area contributed by atoms with Gasteiger partial charge in [0.2, 0.25) is 5.91 Å². The highest BCUT2D eigenvalue weighted by Gasteiger charge is 2.08. The van der Waals surface area contributed by atoms with Gasteiger partial charge >= 0.3 is 0 Å². The van der Waals surface area contributed by atoms with E-state index in [1.165, 1.54) is 0 Å². The molecule has 0 saturated carbocycles. The molecule has 0 aliphatic rings. The third kappa shape index (κ3) is 3.60. The van der Waals surface area contributed by atoms with E-state index in [1.54, 1.807) is 6.20 Å². The van der Waals surface area contributed by atoms with Gasteiger partial charge in [-0.25, -0.2) is 4.98 Å². The lowest BCUT2D eigenvalue weighted by atomic mass is 10.2. The summed E-state index contributed by atoms with van der Waals surface area (Å²) in [5.74, 6) is 0.877. The van der Waals surface area contributed by atoms with Gasteiger partial charge < -0.3 is 15.6 Å². The Kier molecular flexibility index (Phi) is 4.40. The number of imidazole rings is 1. The van der Waals surface area contributed by atoms with Gasteiger partial charge in [0.1, 0.15) is 5.82 Å². The fourth-order valence-electron chi connectivity index (χ4n) is 2.04. The van der Waals surface area contributed by atoms with Crippen molar-refractivity contribution in [2.45, 2.75) is 32.9 Å². The van der Waals surface area contributed by atoms with Gasteiger partial charge in [-0.15, -0.1) is 0 Å². The van der Waals surface area contributed by atoms with Crippen molar-refractivity contribution in [2.75, 3.05) is 5.73 Å². The SMILES string of the molecule is CC(C)NC(=O)CCn1ccnc1-c1cccc(N)c1. The molecule has 0 fully saturated rings. The van der Waals surface area contributed by atoms with Crippen molar-refractivity contribution in [2.24, 2.45) is 0 Å². The van der Waals surface area contributed by atoms with Crippen molar-refractivity contribution in [1.82, 2.24) is 14.9 Å². The molecule has 3 N–H and O–H groups in total. The number of nitrogens with one attached hydrogen (secondary N) is 1. The van der Waals surface area contributed by atoms with E-state index in [-0.39, 0.29) is 11.9 Å². The van der Waals surface area contributed by atoms with Crippen LogP contribution in [-0.4, -0.2) is 21.5 Å². The van der Waals surface area contributed by atoms with Gasteiger partial charge in [-0.05, 0) is 26.0 Å². The summed E-state index contributed by atoms with van der Waals surface area (Å²) in [6.45, 7) is 4.50. The molecule has 1 aromatic carbocycles. The molecule has 0 atom stereocenters. The molecule has 0 bridgehead atoms. The van der Waals surface area contributed by atoms with Gasteiger partial charge in [-0.2, -0.15) is 0 Å². The number of nitrogen functional groups attached to an aromatic ring is 1. The average Bonchev–Trinajstić information content (AvgIpc) is 2.84. The summed E-state index contributed by atoms with van der Waals surface area (Å²) < 4.78 is 1.97. The molecule has 0 unspecified atom stereocenters. The molecule has 1 amide bonds. The van der Waals surface area contributed by atoms with Crippen LogP contribution < -0.4 is 11.1 Å². The Hall–Kier alpha value is -2.30. The first kappa shape index (κ1) is 14.1. The Morgan fingerprint density at radius 2 is 2.25 bits per heavy atom. The minimum atomic E-state index is 0.0484. The number of amides is 1. The van der Waals surface area contributed by atoms with E-state index >= 15 is 0 Å². The first-order chi connectivity index (χ1) is 9.56. The molecule has 5 heteroatoms. The molecule has 20 heavy (non-hydrogen) atoms. The summed E-state index contributed by atoms with van der Waals surface area (Å²) in [6, 6.07) is 7.75. The number of hydrogen-bond donors (Lipinski definition) is 2. The molecule has 0 spiro atoms. The van der Waals surface area contributed by atoms with Crippen molar-refractivity contribution >= 4 is 11.6 Å². The fourth-order valence-corrected chi connectivity index (χ4v) is 2.04. The zero-order valence-corrected chi connectivity index (χ0v) is 11.8. The third-order valence-corrected chi connectivity index (χ3v) is 2.89. The molecule has 2 aromatic rings. The summed E-state index contributed by atoms with van der Waals surface area (Å²) in [6.07, 6.45) is 4.05. The number of aromatic nitrogens is 2. The quantitative estimate of drug-likeness (QED) is 0.818. The van der Waals surface area contributed by atoms with Gasteiger partial charge in [0.25, 0.3) is 0 Å². The predicted molar refractivity (Wildman–Crippen MR) is 80.0 cm³/mol. The van der Waals surface area contributed by atoms with Crippen LogP contribution in [0.1, 0.15) is 20.3 Å². The number of anilines is 1. The fraction of sp³-hybridized carbons (Fsp3) is 0.333. The van der Waals surface area contributed by atoms with Crippen LogP contribution in [0.3, 0.4) is 0 Å². The molecule has 1 heterocycles. The second kappa shape index (κ2) is 6.23. The highest BCUT2D eigenvalue weighted by atomic mass is 16.1. The molecule has 2 rings (SSSR count). The molecule has 5 nitrogen and oxygen atoms in total. The summed E-state index contributed by atoms with van der Waals surface area (Å²) in [7, 11) is 0. The lowest BCUT2D eigenvalue weighted by molar-refractivity contribution is -0.121. The number of carbonyl (C=O) groups excluding carboxylic acids is 1. The topological polar surface area (TPSA) is 72.9 Å². The predicted octanol–water partition coefficient (Wildman–Crippen LogP) is 2.05. The number of rotatable bonds is 5. The first-order valence-corrected chi connectivity index (χ1v) is 6.72. The summed E-state index contributed by atoms with van der Waals surface area (Å²) in [4.78, 5) is 16.0. The van der Waals surface area contributed by atoms with Crippen LogP contribution in [0.15, 0.2) is 36.7 Å². The Bertz CT molecular complexity index is 589. The van der Waals surface area contributed by atoms with Crippen LogP contribution >= 0.6 is 0 Å². The Morgan fingerprint density at radius 3 is 2.95 bits per heavy atom. The Morgan fingerprint density at radius 1 is 1.45 bits per heavy atom. The largest absolute Gasteiger partial charge is 0.399 e. The summed E-state index contributed by atoms with van der Waals surface area (Å²) in [5.41, 5.74) is 7.45. The molecule has 0 saturated heterocycles. The average molecular weight is 272 g/mol. The lowest BCUT2D eigenvalue weighted by Crippen LogP contribution is -2.30. The number of nitrogens with two attached hydrogens (primary N) is 1. The summed E-state index contributed by atoms with van der Waals surface area (Å²) in [5, 5.41) is 2.88. The van der Waals surface area contributed by atoms with Crippen molar-refractivity contribution in [3.05, 3.63) is 36.7 Å². The maximum atomic E-state index is 11.7. The molecule has 0 aliphatic heterocycles. The second-order valence-corrected chi connectivity index (χ2v) is 5.04. The number of carbonyl (C=O) groups is 1. The molecule has 0 radical (unpaired) electrons. The smallest absolute Gasteiger partial charge is 0.221 e. The number of benzene rings is 1. The summed E-state index contributed by atoms with van der Waals surface area (Å²) >= 11 is 0. The van der Waals surface area contributed by atoms with Gasteiger partial charge in [0.05, 0.1) is 0 Å². The maximum absolute atomic E-state index is 11.7. The molecular formula is C15H20N4O. The highest BCUT2D eigenvalue weighted by molar-refractivity contribution is 5.76.